The molecule has 0 aliphatic heterocycles. The molecule has 7 nitrogen and oxygen atoms in total. The van der Waals surface area contributed by atoms with Gasteiger partial charge in [0.1, 0.15) is 12.3 Å². The highest BCUT2D eigenvalue weighted by molar-refractivity contribution is 7.93. The van der Waals surface area contributed by atoms with Crippen molar-refractivity contribution in [3.63, 3.8) is 0 Å². The van der Waals surface area contributed by atoms with E-state index in [2.05, 4.69) is 10.3 Å². The van der Waals surface area contributed by atoms with E-state index in [9.17, 15) is 13.2 Å². The number of nitrogens with one attached hydrogen (secondary N) is 1. The van der Waals surface area contributed by atoms with Crippen LogP contribution in [-0.4, -0.2) is 33.0 Å². The monoisotopic (exact) mass is 475 g/mol. The fourth-order valence-corrected chi connectivity index (χ4v) is 5.41. The van der Waals surface area contributed by atoms with Crippen molar-refractivity contribution >= 4 is 38.1 Å². The van der Waals surface area contributed by atoms with Gasteiger partial charge in [0.05, 0.1) is 17.7 Å². The van der Waals surface area contributed by atoms with Gasteiger partial charge in [0.15, 0.2) is 0 Å². The Morgan fingerprint density at radius 1 is 1.03 bits per heavy atom. The summed E-state index contributed by atoms with van der Waals surface area (Å²) in [4.78, 5) is 17.2. The van der Waals surface area contributed by atoms with E-state index in [1.54, 1.807) is 54.9 Å². The smallest absolute Gasteiger partial charge is 0.265 e. The highest BCUT2D eigenvalue weighted by Crippen LogP contribution is 2.30. The number of fused-ring (bicyclic) bond motifs is 1. The molecule has 0 aliphatic rings. The number of carbonyl (C=O) groups is 1. The van der Waals surface area contributed by atoms with Gasteiger partial charge < -0.3 is 10.1 Å². The maximum atomic E-state index is 13.9. The maximum Gasteiger partial charge on any atom is 0.265 e. The van der Waals surface area contributed by atoms with Gasteiger partial charge in [0.25, 0.3) is 10.0 Å². The Kier molecular flexibility index (Phi) is 6.51. The van der Waals surface area contributed by atoms with Gasteiger partial charge in [-0.2, -0.15) is 0 Å². The molecule has 1 aromatic heterocycles. The van der Waals surface area contributed by atoms with Gasteiger partial charge in [-0.05, 0) is 61.9 Å². The molecule has 1 amide bonds. The number of benzene rings is 3. The fraction of sp³-hybridized carbons (Fsp3) is 0.154. The molecule has 1 heterocycles. The number of aromatic nitrogens is 1. The number of anilines is 2. The number of sulfonamides is 1. The summed E-state index contributed by atoms with van der Waals surface area (Å²) in [7, 11) is -2.57. The van der Waals surface area contributed by atoms with Gasteiger partial charge in [-0.15, -0.1) is 0 Å². The molecule has 174 valence electrons. The lowest BCUT2D eigenvalue weighted by Crippen LogP contribution is -2.38. The average molecular weight is 476 g/mol. The molecule has 0 saturated carbocycles. The lowest BCUT2D eigenvalue weighted by Gasteiger charge is -2.25. The molecule has 4 rings (SSSR count). The maximum absolute atomic E-state index is 13.9. The van der Waals surface area contributed by atoms with Crippen LogP contribution in [0.1, 0.15) is 11.1 Å². The second kappa shape index (κ2) is 9.52. The number of pyridine rings is 1. The number of hydrogen-bond acceptors (Lipinski definition) is 5. The van der Waals surface area contributed by atoms with E-state index in [1.165, 1.54) is 13.2 Å². The van der Waals surface area contributed by atoms with E-state index in [0.717, 1.165) is 15.4 Å². The predicted octanol–water partition coefficient (Wildman–Crippen LogP) is 4.69. The van der Waals surface area contributed by atoms with Crippen molar-refractivity contribution in [1.29, 1.82) is 0 Å². The van der Waals surface area contributed by atoms with E-state index in [0.29, 0.717) is 27.9 Å². The van der Waals surface area contributed by atoms with Gasteiger partial charge >= 0.3 is 0 Å². The largest absolute Gasteiger partial charge is 0.497 e. The molecule has 3 aromatic carbocycles. The number of aryl methyl sites for hydroxylation is 2. The number of nitrogens with zero attached hydrogens (tertiary/aromatic N) is 2. The lowest BCUT2D eigenvalue weighted by atomic mass is 10.1. The van der Waals surface area contributed by atoms with Crippen LogP contribution < -0.4 is 14.4 Å². The van der Waals surface area contributed by atoms with Crippen LogP contribution in [0.2, 0.25) is 0 Å². The standard InChI is InChI=1S/C26H25N3O4S/c1-18-7-12-24(19(2)15-18)28-26(30)17-29(21-8-10-22(33-3)11-9-21)34(31,32)25-6-4-5-20-16-27-14-13-23(20)25/h4-16H,17H2,1-3H3,(H,28,30). The molecular formula is C26H25N3O4S. The minimum Gasteiger partial charge on any atom is -0.497 e. The van der Waals surface area contributed by atoms with Crippen molar-refractivity contribution in [2.75, 3.05) is 23.3 Å². The van der Waals surface area contributed by atoms with E-state index < -0.39 is 22.5 Å². The molecule has 8 heteroatoms. The molecule has 0 fully saturated rings. The molecule has 0 bridgehead atoms. The summed E-state index contributed by atoms with van der Waals surface area (Å²) in [5.41, 5.74) is 2.96. The highest BCUT2D eigenvalue weighted by Gasteiger charge is 2.29. The fourth-order valence-electron chi connectivity index (χ4n) is 3.77. The van der Waals surface area contributed by atoms with Crippen molar-refractivity contribution < 1.29 is 17.9 Å². The number of ether oxygens (including phenoxy) is 1. The van der Waals surface area contributed by atoms with Gasteiger partial charge in [-0.25, -0.2) is 8.42 Å². The van der Waals surface area contributed by atoms with Gasteiger partial charge in [-0.1, -0.05) is 29.8 Å². The zero-order valence-electron chi connectivity index (χ0n) is 19.1. The van der Waals surface area contributed by atoms with E-state index in [4.69, 9.17) is 4.74 Å². The molecule has 34 heavy (non-hydrogen) atoms. The molecule has 4 aromatic rings. The quantitative estimate of drug-likeness (QED) is 0.419. The van der Waals surface area contributed by atoms with Gasteiger partial charge in [0, 0.05) is 28.9 Å². The number of methoxy groups -OCH3 is 1. The Bertz CT molecular complexity index is 1450. The molecule has 1 N–H and O–H groups in total. The summed E-state index contributed by atoms with van der Waals surface area (Å²) in [6.07, 6.45) is 3.16. The lowest BCUT2D eigenvalue weighted by molar-refractivity contribution is -0.114. The normalized spacial score (nSPS) is 11.3. The summed E-state index contributed by atoms with van der Waals surface area (Å²) in [6, 6.07) is 18.9. The van der Waals surface area contributed by atoms with Crippen molar-refractivity contribution in [2.45, 2.75) is 18.7 Å². The first kappa shape index (κ1) is 23.3. The van der Waals surface area contributed by atoms with Crippen LogP contribution in [-0.2, 0) is 14.8 Å². The molecule has 0 radical (unpaired) electrons. The van der Waals surface area contributed by atoms with Crippen LogP contribution >= 0.6 is 0 Å². The average Bonchev–Trinajstić information content (AvgIpc) is 2.84. The van der Waals surface area contributed by atoms with E-state index >= 15 is 0 Å². The first-order valence-electron chi connectivity index (χ1n) is 10.7. The molecule has 0 aliphatic carbocycles. The Balaban J connectivity index is 1.75. The Morgan fingerprint density at radius 3 is 2.50 bits per heavy atom. The van der Waals surface area contributed by atoms with Crippen molar-refractivity contribution in [3.8, 4) is 5.75 Å². The molecule has 0 saturated heterocycles. The third-order valence-corrected chi connectivity index (χ3v) is 7.34. The number of rotatable bonds is 7. The van der Waals surface area contributed by atoms with Crippen LogP contribution in [0.15, 0.2) is 84.0 Å². The summed E-state index contributed by atoms with van der Waals surface area (Å²) in [6.45, 7) is 3.46. The highest BCUT2D eigenvalue weighted by atomic mass is 32.2. The summed E-state index contributed by atoms with van der Waals surface area (Å²) >= 11 is 0. The van der Waals surface area contributed by atoms with E-state index in [-0.39, 0.29) is 4.90 Å². The van der Waals surface area contributed by atoms with Crippen LogP contribution in [0.4, 0.5) is 11.4 Å². The van der Waals surface area contributed by atoms with Crippen LogP contribution in [0.25, 0.3) is 10.8 Å². The zero-order chi connectivity index (χ0) is 24.3. The third kappa shape index (κ3) is 4.72. The molecular weight excluding hydrogens is 450 g/mol. The van der Waals surface area contributed by atoms with Crippen LogP contribution in [0, 0.1) is 13.8 Å². The molecule has 0 spiro atoms. The minimum absolute atomic E-state index is 0.0996. The first-order valence-corrected chi connectivity index (χ1v) is 12.1. The van der Waals surface area contributed by atoms with Crippen molar-refractivity contribution in [3.05, 3.63) is 90.3 Å². The first-order chi connectivity index (χ1) is 16.3. The van der Waals surface area contributed by atoms with Gasteiger partial charge in [0.2, 0.25) is 5.91 Å². The van der Waals surface area contributed by atoms with Crippen molar-refractivity contribution in [2.24, 2.45) is 0 Å². The second-order valence-electron chi connectivity index (χ2n) is 7.93. The Morgan fingerprint density at radius 2 is 1.79 bits per heavy atom. The van der Waals surface area contributed by atoms with Gasteiger partial charge in [-0.3, -0.25) is 14.1 Å². The Hall–Kier alpha value is -3.91. The predicted molar refractivity (Wildman–Crippen MR) is 134 cm³/mol. The van der Waals surface area contributed by atoms with Crippen molar-refractivity contribution in [1.82, 2.24) is 4.98 Å². The summed E-state index contributed by atoms with van der Waals surface area (Å²) < 4.78 is 34.1. The summed E-state index contributed by atoms with van der Waals surface area (Å²) in [5, 5.41) is 4.07. The molecule has 0 atom stereocenters. The number of hydrogen-bond donors (Lipinski definition) is 1. The number of amides is 1. The zero-order valence-corrected chi connectivity index (χ0v) is 20.0. The van der Waals surface area contributed by atoms with E-state index in [1.807, 2.05) is 32.0 Å². The SMILES string of the molecule is COc1ccc(N(CC(=O)Nc2ccc(C)cc2C)S(=O)(=O)c2cccc3cnccc23)cc1. The van der Waals surface area contributed by atoms with Crippen LogP contribution in [0.5, 0.6) is 5.75 Å². The Labute approximate surface area is 199 Å². The van der Waals surface area contributed by atoms with Crippen LogP contribution in [0.3, 0.4) is 0 Å². The minimum atomic E-state index is -4.10. The topological polar surface area (TPSA) is 88.6 Å². The summed E-state index contributed by atoms with van der Waals surface area (Å²) in [5.74, 6) is 0.130. The number of carbonyl (C=O) groups excluding carboxylic acids is 1. The third-order valence-electron chi connectivity index (χ3n) is 5.51. The molecule has 0 unspecified atom stereocenters. The second-order valence-corrected chi connectivity index (χ2v) is 9.76.